The number of nitrogens with zero attached hydrogens (tertiary/aromatic N) is 3. The number of hydrogen-bond donors (Lipinski definition) is 1. The van der Waals surface area contributed by atoms with Crippen LogP contribution >= 0.6 is 12.2 Å². The second kappa shape index (κ2) is 5.43. The molecule has 0 spiro atoms. The molecule has 5 heteroatoms. The first-order chi connectivity index (χ1) is 9.25. The van der Waals surface area contributed by atoms with Crippen molar-refractivity contribution in [1.82, 2.24) is 9.88 Å². The third kappa shape index (κ3) is 2.58. The quantitative estimate of drug-likeness (QED) is 0.845. The second-order valence-corrected chi connectivity index (χ2v) is 5.83. The molecule has 3 heterocycles. The third-order valence-electron chi connectivity index (χ3n) is 4.23. The molecule has 1 aromatic heterocycles. The van der Waals surface area contributed by atoms with Gasteiger partial charge < -0.3 is 10.6 Å². The number of likely N-dealkylation sites (tertiary alicyclic amines) is 1. The summed E-state index contributed by atoms with van der Waals surface area (Å²) in [4.78, 5) is 9.69. The topological polar surface area (TPSA) is 45.4 Å². The lowest BCUT2D eigenvalue weighted by atomic mass is 10.2. The summed E-state index contributed by atoms with van der Waals surface area (Å²) in [5.74, 6) is 0. The molecule has 1 aromatic rings. The predicted molar refractivity (Wildman–Crippen MR) is 81.5 cm³/mol. The van der Waals surface area contributed by atoms with Gasteiger partial charge in [-0.05, 0) is 38.4 Å². The van der Waals surface area contributed by atoms with Gasteiger partial charge in [0.1, 0.15) is 4.99 Å². The average molecular weight is 276 g/mol. The highest BCUT2D eigenvalue weighted by Gasteiger charge is 2.30. The first kappa shape index (κ1) is 12.8. The van der Waals surface area contributed by atoms with Crippen molar-refractivity contribution in [3.63, 3.8) is 0 Å². The molecule has 0 amide bonds. The zero-order valence-electron chi connectivity index (χ0n) is 11.1. The molecule has 0 aliphatic carbocycles. The van der Waals surface area contributed by atoms with E-state index >= 15 is 0 Å². The Morgan fingerprint density at radius 2 is 2.11 bits per heavy atom. The molecule has 4 nitrogen and oxygen atoms in total. The smallest absolute Gasteiger partial charge is 0.106 e. The number of anilines is 1. The van der Waals surface area contributed by atoms with E-state index in [0.717, 1.165) is 24.3 Å². The van der Waals surface area contributed by atoms with Crippen LogP contribution in [0.3, 0.4) is 0 Å². The molecule has 1 atom stereocenters. The summed E-state index contributed by atoms with van der Waals surface area (Å²) in [5.41, 5.74) is 7.85. The maximum absolute atomic E-state index is 5.81. The highest BCUT2D eigenvalue weighted by molar-refractivity contribution is 7.80. The molecular weight excluding hydrogens is 256 g/mol. The van der Waals surface area contributed by atoms with Crippen LogP contribution in [-0.2, 0) is 0 Å². The molecule has 3 rings (SSSR count). The number of pyridine rings is 1. The van der Waals surface area contributed by atoms with Crippen LogP contribution in [0.15, 0.2) is 18.5 Å². The first-order valence-corrected chi connectivity index (χ1v) is 7.39. The van der Waals surface area contributed by atoms with Crippen molar-refractivity contribution in [2.24, 2.45) is 5.73 Å². The van der Waals surface area contributed by atoms with Gasteiger partial charge in [0.15, 0.2) is 0 Å². The minimum Gasteiger partial charge on any atom is -0.389 e. The highest BCUT2D eigenvalue weighted by atomic mass is 32.1. The van der Waals surface area contributed by atoms with E-state index in [1.54, 1.807) is 6.20 Å². The van der Waals surface area contributed by atoms with E-state index in [-0.39, 0.29) is 0 Å². The van der Waals surface area contributed by atoms with Crippen LogP contribution in [0.2, 0.25) is 0 Å². The van der Waals surface area contributed by atoms with Crippen LogP contribution in [0.1, 0.15) is 24.8 Å². The standard InChI is InChI=1S/C14H20N4S/c15-14(19)12-3-5-16-9-13(12)18-8-4-11(10-18)17-6-1-2-7-17/h3,5,9,11H,1-2,4,6-8,10H2,(H2,15,19). The van der Waals surface area contributed by atoms with Crippen LogP contribution in [0.5, 0.6) is 0 Å². The average Bonchev–Trinajstić information content (AvgIpc) is 3.09. The predicted octanol–water partition coefficient (Wildman–Crippen LogP) is 1.39. The lowest BCUT2D eigenvalue weighted by molar-refractivity contribution is 0.260. The van der Waals surface area contributed by atoms with E-state index in [4.69, 9.17) is 18.0 Å². The molecule has 2 saturated heterocycles. The molecule has 1 unspecified atom stereocenters. The fourth-order valence-corrected chi connectivity index (χ4v) is 3.38. The van der Waals surface area contributed by atoms with Crippen molar-refractivity contribution >= 4 is 22.9 Å². The normalized spacial score (nSPS) is 24.0. The van der Waals surface area contributed by atoms with Gasteiger partial charge in [0, 0.05) is 30.9 Å². The number of thiocarbonyl (C=S) groups is 1. The number of rotatable bonds is 3. The Labute approximate surface area is 119 Å². The van der Waals surface area contributed by atoms with Crippen LogP contribution in [0.4, 0.5) is 5.69 Å². The summed E-state index contributed by atoms with van der Waals surface area (Å²) in [6.07, 6.45) is 7.57. The molecular formula is C14H20N4S. The summed E-state index contributed by atoms with van der Waals surface area (Å²) in [5, 5.41) is 0. The molecule has 2 N–H and O–H groups in total. The summed E-state index contributed by atoms with van der Waals surface area (Å²) >= 11 is 5.13. The fraction of sp³-hybridized carbons (Fsp3) is 0.571. The SMILES string of the molecule is NC(=S)c1ccncc1N1CCC(N2CCCC2)C1. The first-order valence-electron chi connectivity index (χ1n) is 6.98. The number of nitrogens with two attached hydrogens (primary N) is 1. The van der Waals surface area contributed by atoms with Gasteiger partial charge in [0.25, 0.3) is 0 Å². The lowest BCUT2D eigenvalue weighted by Crippen LogP contribution is -2.35. The van der Waals surface area contributed by atoms with Crippen LogP contribution in [0.25, 0.3) is 0 Å². The number of aromatic nitrogens is 1. The molecule has 19 heavy (non-hydrogen) atoms. The van der Waals surface area contributed by atoms with Crippen molar-refractivity contribution in [3.05, 3.63) is 24.0 Å². The van der Waals surface area contributed by atoms with E-state index in [2.05, 4.69) is 14.8 Å². The van der Waals surface area contributed by atoms with E-state index in [1.807, 2.05) is 12.3 Å². The fourth-order valence-electron chi connectivity index (χ4n) is 3.21. The van der Waals surface area contributed by atoms with Gasteiger partial charge in [-0.3, -0.25) is 9.88 Å². The Bertz CT molecular complexity index is 470. The van der Waals surface area contributed by atoms with E-state index in [0.29, 0.717) is 11.0 Å². The molecule has 0 bridgehead atoms. The molecule has 0 saturated carbocycles. The van der Waals surface area contributed by atoms with Gasteiger partial charge in [-0.2, -0.15) is 0 Å². The highest BCUT2D eigenvalue weighted by Crippen LogP contribution is 2.27. The third-order valence-corrected chi connectivity index (χ3v) is 4.45. The Morgan fingerprint density at radius 1 is 1.32 bits per heavy atom. The Kier molecular flexibility index (Phi) is 3.66. The maximum atomic E-state index is 5.81. The molecule has 2 aliphatic rings. The molecule has 2 fully saturated rings. The van der Waals surface area contributed by atoms with Crippen LogP contribution < -0.4 is 10.6 Å². The molecule has 0 radical (unpaired) electrons. The van der Waals surface area contributed by atoms with Crippen molar-refractivity contribution in [3.8, 4) is 0 Å². The van der Waals surface area contributed by atoms with Gasteiger partial charge in [0.2, 0.25) is 0 Å². The molecule has 102 valence electrons. The Balaban J connectivity index is 1.75. The van der Waals surface area contributed by atoms with Crippen molar-refractivity contribution in [2.45, 2.75) is 25.3 Å². The summed E-state index contributed by atoms with van der Waals surface area (Å²) in [6, 6.07) is 2.60. The maximum Gasteiger partial charge on any atom is 0.106 e. The monoisotopic (exact) mass is 276 g/mol. The molecule has 2 aliphatic heterocycles. The Morgan fingerprint density at radius 3 is 2.84 bits per heavy atom. The van der Waals surface area contributed by atoms with E-state index < -0.39 is 0 Å². The summed E-state index contributed by atoms with van der Waals surface area (Å²) in [7, 11) is 0. The minimum atomic E-state index is 0.460. The number of hydrogen-bond acceptors (Lipinski definition) is 4. The van der Waals surface area contributed by atoms with Gasteiger partial charge in [-0.15, -0.1) is 0 Å². The van der Waals surface area contributed by atoms with Gasteiger partial charge in [-0.25, -0.2) is 0 Å². The zero-order valence-corrected chi connectivity index (χ0v) is 11.9. The lowest BCUT2D eigenvalue weighted by Gasteiger charge is -2.25. The van der Waals surface area contributed by atoms with Gasteiger partial charge in [-0.1, -0.05) is 12.2 Å². The second-order valence-electron chi connectivity index (χ2n) is 5.39. The Hall–Kier alpha value is -1.20. The molecule has 0 aromatic carbocycles. The van der Waals surface area contributed by atoms with Crippen molar-refractivity contribution in [2.75, 3.05) is 31.1 Å². The van der Waals surface area contributed by atoms with Crippen LogP contribution in [-0.4, -0.2) is 47.1 Å². The van der Waals surface area contributed by atoms with Gasteiger partial charge in [0.05, 0.1) is 11.9 Å². The van der Waals surface area contributed by atoms with Crippen LogP contribution in [0, 0.1) is 0 Å². The van der Waals surface area contributed by atoms with Gasteiger partial charge >= 0.3 is 0 Å². The van der Waals surface area contributed by atoms with Crippen molar-refractivity contribution < 1.29 is 0 Å². The van der Waals surface area contributed by atoms with E-state index in [9.17, 15) is 0 Å². The minimum absolute atomic E-state index is 0.460. The largest absolute Gasteiger partial charge is 0.389 e. The zero-order chi connectivity index (χ0) is 13.2. The summed E-state index contributed by atoms with van der Waals surface area (Å²) in [6.45, 7) is 4.66. The summed E-state index contributed by atoms with van der Waals surface area (Å²) < 4.78 is 0. The van der Waals surface area contributed by atoms with E-state index in [1.165, 1.54) is 32.4 Å². The van der Waals surface area contributed by atoms with Crippen molar-refractivity contribution in [1.29, 1.82) is 0 Å².